The number of hydrogen-bond donors (Lipinski definition) is 0. The van der Waals surface area contributed by atoms with Crippen molar-refractivity contribution >= 4 is 15.9 Å². The average molecular weight is 295 g/mol. The minimum absolute atomic E-state index is 0.231. The van der Waals surface area contributed by atoms with Crippen LogP contribution in [0, 0.1) is 12.7 Å². The normalized spacial score (nSPS) is 10.3. The van der Waals surface area contributed by atoms with Crippen LogP contribution in [-0.2, 0) is 6.61 Å². The van der Waals surface area contributed by atoms with Gasteiger partial charge in [0.2, 0.25) is 0 Å². The van der Waals surface area contributed by atoms with Crippen molar-refractivity contribution in [1.29, 1.82) is 0 Å². The van der Waals surface area contributed by atoms with Crippen LogP contribution in [0.2, 0.25) is 0 Å². The van der Waals surface area contributed by atoms with Crippen molar-refractivity contribution in [2.75, 3.05) is 0 Å². The SMILES string of the molecule is Cc1cccc(OCc2cc(Br)ccc2F)c1. The van der Waals surface area contributed by atoms with E-state index in [9.17, 15) is 4.39 Å². The van der Waals surface area contributed by atoms with Crippen molar-refractivity contribution in [2.45, 2.75) is 13.5 Å². The molecule has 2 aromatic rings. The highest BCUT2D eigenvalue weighted by Gasteiger charge is 2.03. The third-order valence-corrected chi connectivity index (χ3v) is 2.88. The summed E-state index contributed by atoms with van der Waals surface area (Å²) in [6.07, 6.45) is 0. The first-order valence-electron chi connectivity index (χ1n) is 5.28. The Kier molecular flexibility index (Phi) is 3.79. The molecule has 1 nitrogen and oxygen atoms in total. The number of benzene rings is 2. The molecule has 2 aromatic carbocycles. The molecule has 0 amide bonds. The zero-order valence-electron chi connectivity index (χ0n) is 9.41. The lowest BCUT2D eigenvalue weighted by molar-refractivity contribution is 0.299. The van der Waals surface area contributed by atoms with E-state index in [-0.39, 0.29) is 12.4 Å². The van der Waals surface area contributed by atoms with E-state index in [1.165, 1.54) is 6.07 Å². The zero-order valence-corrected chi connectivity index (χ0v) is 11.0. The fraction of sp³-hybridized carbons (Fsp3) is 0.143. The maximum absolute atomic E-state index is 13.5. The van der Waals surface area contributed by atoms with Gasteiger partial charge in [0, 0.05) is 10.0 Å². The van der Waals surface area contributed by atoms with E-state index in [1.807, 2.05) is 31.2 Å². The Labute approximate surface area is 108 Å². The van der Waals surface area contributed by atoms with E-state index >= 15 is 0 Å². The topological polar surface area (TPSA) is 9.23 Å². The van der Waals surface area contributed by atoms with Crippen molar-refractivity contribution in [1.82, 2.24) is 0 Å². The Hall–Kier alpha value is -1.35. The summed E-state index contributed by atoms with van der Waals surface area (Å²) in [7, 11) is 0. The van der Waals surface area contributed by atoms with Crippen LogP contribution in [0.15, 0.2) is 46.9 Å². The van der Waals surface area contributed by atoms with Crippen LogP contribution in [0.5, 0.6) is 5.75 Å². The summed E-state index contributed by atoms with van der Waals surface area (Å²) in [5, 5.41) is 0. The fourth-order valence-corrected chi connectivity index (χ4v) is 1.93. The smallest absolute Gasteiger partial charge is 0.129 e. The minimum atomic E-state index is -0.249. The summed E-state index contributed by atoms with van der Waals surface area (Å²) in [6, 6.07) is 12.5. The Balaban J connectivity index is 2.09. The van der Waals surface area contributed by atoms with E-state index in [0.717, 1.165) is 15.8 Å². The van der Waals surface area contributed by atoms with E-state index in [2.05, 4.69) is 15.9 Å². The second kappa shape index (κ2) is 5.32. The number of aryl methyl sites for hydroxylation is 1. The molecule has 0 aliphatic heterocycles. The minimum Gasteiger partial charge on any atom is -0.489 e. The van der Waals surface area contributed by atoms with Crippen LogP contribution in [-0.4, -0.2) is 0 Å². The summed E-state index contributed by atoms with van der Waals surface area (Å²) in [5.74, 6) is 0.505. The molecular formula is C14H12BrFO. The summed E-state index contributed by atoms with van der Waals surface area (Å²) in [4.78, 5) is 0. The van der Waals surface area contributed by atoms with Gasteiger partial charge in [-0.05, 0) is 42.8 Å². The highest BCUT2D eigenvalue weighted by Crippen LogP contribution is 2.19. The average Bonchev–Trinajstić information content (AvgIpc) is 2.30. The largest absolute Gasteiger partial charge is 0.489 e. The van der Waals surface area contributed by atoms with Crippen molar-refractivity contribution in [3.05, 3.63) is 63.9 Å². The molecule has 3 heteroatoms. The highest BCUT2D eigenvalue weighted by atomic mass is 79.9. The summed E-state index contributed by atoms with van der Waals surface area (Å²) >= 11 is 3.31. The molecule has 2 rings (SSSR count). The van der Waals surface area contributed by atoms with Crippen molar-refractivity contribution in [3.63, 3.8) is 0 Å². The first-order valence-corrected chi connectivity index (χ1v) is 6.08. The predicted octanol–water partition coefficient (Wildman–Crippen LogP) is 4.48. The Morgan fingerprint density at radius 1 is 1.18 bits per heavy atom. The number of hydrogen-bond acceptors (Lipinski definition) is 1. The van der Waals surface area contributed by atoms with Gasteiger partial charge in [-0.15, -0.1) is 0 Å². The van der Waals surface area contributed by atoms with Gasteiger partial charge in [-0.2, -0.15) is 0 Å². The summed E-state index contributed by atoms with van der Waals surface area (Å²) in [6.45, 7) is 2.22. The third kappa shape index (κ3) is 3.30. The molecule has 0 aliphatic rings. The third-order valence-electron chi connectivity index (χ3n) is 2.39. The van der Waals surface area contributed by atoms with Crippen LogP contribution in [0.4, 0.5) is 4.39 Å². The molecule has 0 saturated heterocycles. The molecule has 0 bridgehead atoms. The molecule has 0 radical (unpaired) electrons. The van der Waals surface area contributed by atoms with Gasteiger partial charge >= 0.3 is 0 Å². The van der Waals surface area contributed by atoms with Crippen molar-refractivity contribution in [3.8, 4) is 5.75 Å². The van der Waals surface area contributed by atoms with E-state index in [0.29, 0.717) is 5.56 Å². The molecule has 0 atom stereocenters. The van der Waals surface area contributed by atoms with Gasteiger partial charge in [0.25, 0.3) is 0 Å². The quantitative estimate of drug-likeness (QED) is 0.811. The monoisotopic (exact) mass is 294 g/mol. The Morgan fingerprint density at radius 2 is 2.00 bits per heavy atom. The van der Waals surface area contributed by atoms with Crippen LogP contribution in [0.1, 0.15) is 11.1 Å². The van der Waals surface area contributed by atoms with E-state index in [4.69, 9.17) is 4.74 Å². The molecule has 0 aromatic heterocycles. The van der Waals surface area contributed by atoms with E-state index < -0.39 is 0 Å². The van der Waals surface area contributed by atoms with Gasteiger partial charge in [0.05, 0.1) is 0 Å². The zero-order chi connectivity index (χ0) is 12.3. The lowest BCUT2D eigenvalue weighted by Crippen LogP contribution is -1.98. The first kappa shape index (κ1) is 12.1. The van der Waals surface area contributed by atoms with Gasteiger partial charge in [0.15, 0.2) is 0 Å². The summed E-state index contributed by atoms with van der Waals surface area (Å²) in [5.41, 5.74) is 1.66. The maximum Gasteiger partial charge on any atom is 0.129 e. The molecule has 17 heavy (non-hydrogen) atoms. The van der Waals surface area contributed by atoms with Gasteiger partial charge in [-0.3, -0.25) is 0 Å². The van der Waals surface area contributed by atoms with Crippen molar-refractivity contribution in [2.24, 2.45) is 0 Å². The molecule has 0 fully saturated rings. The fourth-order valence-electron chi connectivity index (χ4n) is 1.52. The van der Waals surface area contributed by atoms with Gasteiger partial charge < -0.3 is 4.74 Å². The highest BCUT2D eigenvalue weighted by molar-refractivity contribution is 9.10. The van der Waals surface area contributed by atoms with Gasteiger partial charge in [0.1, 0.15) is 18.2 Å². The molecule has 0 saturated carbocycles. The molecular weight excluding hydrogens is 283 g/mol. The van der Waals surface area contributed by atoms with Crippen LogP contribution in [0.3, 0.4) is 0 Å². The molecule has 88 valence electrons. The van der Waals surface area contributed by atoms with Crippen LogP contribution < -0.4 is 4.74 Å². The lowest BCUT2D eigenvalue weighted by Gasteiger charge is -2.08. The second-order valence-corrected chi connectivity index (χ2v) is 4.76. The number of ether oxygens (including phenoxy) is 1. The second-order valence-electron chi connectivity index (χ2n) is 3.84. The lowest BCUT2D eigenvalue weighted by atomic mass is 10.2. The molecule has 0 heterocycles. The first-order chi connectivity index (χ1) is 8.15. The number of rotatable bonds is 3. The molecule has 0 N–H and O–H groups in total. The van der Waals surface area contributed by atoms with Crippen molar-refractivity contribution < 1.29 is 9.13 Å². The maximum atomic E-state index is 13.5. The predicted molar refractivity (Wildman–Crippen MR) is 69.6 cm³/mol. The summed E-state index contributed by atoms with van der Waals surface area (Å²) < 4.78 is 19.8. The molecule has 0 aliphatic carbocycles. The van der Waals surface area contributed by atoms with Crippen LogP contribution in [0.25, 0.3) is 0 Å². The van der Waals surface area contributed by atoms with Gasteiger partial charge in [-0.1, -0.05) is 28.1 Å². The van der Waals surface area contributed by atoms with Gasteiger partial charge in [-0.25, -0.2) is 4.39 Å². The van der Waals surface area contributed by atoms with E-state index in [1.54, 1.807) is 12.1 Å². The Morgan fingerprint density at radius 3 is 2.76 bits per heavy atom. The number of halogens is 2. The van der Waals surface area contributed by atoms with Crippen LogP contribution >= 0.6 is 15.9 Å². The molecule has 0 unspecified atom stereocenters. The Bertz CT molecular complexity index is 525. The molecule has 0 spiro atoms. The standard InChI is InChI=1S/C14H12BrFO/c1-10-3-2-4-13(7-10)17-9-11-8-12(15)5-6-14(11)16/h2-8H,9H2,1H3.